The monoisotopic (exact) mass is 704 g/mol. The Morgan fingerprint density at radius 3 is 2.53 bits per heavy atom. The van der Waals surface area contributed by atoms with Crippen LogP contribution < -0.4 is 19.1 Å². The van der Waals surface area contributed by atoms with E-state index in [0.29, 0.717) is 64.8 Å². The number of methoxy groups -OCH3 is 2. The van der Waals surface area contributed by atoms with Crippen LogP contribution in [-0.4, -0.2) is 95.5 Å². The normalized spacial score (nSPS) is 17.5. The average molecular weight is 705 g/mol. The molecule has 0 spiro atoms. The molecule has 0 N–H and O–H groups in total. The van der Waals surface area contributed by atoms with E-state index in [2.05, 4.69) is 12.1 Å². The number of carbonyl (C=O) groups excluding carboxylic acids is 2. The Morgan fingerprint density at radius 2 is 1.76 bits per heavy atom. The molecule has 2 amide bonds. The van der Waals surface area contributed by atoms with E-state index in [1.807, 2.05) is 75.4 Å². The van der Waals surface area contributed by atoms with Crippen molar-refractivity contribution in [1.82, 2.24) is 4.90 Å². The van der Waals surface area contributed by atoms with E-state index in [0.717, 1.165) is 46.7 Å². The van der Waals surface area contributed by atoms with Crippen molar-refractivity contribution >= 4 is 17.7 Å². The second-order valence-corrected chi connectivity index (χ2v) is 13.7. The maximum absolute atomic E-state index is 13.1. The van der Waals surface area contributed by atoms with Crippen LogP contribution in [-0.2, 0) is 36.8 Å². The van der Waals surface area contributed by atoms with Crippen molar-refractivity contribution in [2.45, 2.75) is 64.3 Å². The fourth-order valence-electron chi connectivity index (χ4n) is 6.34. The molecule has 5 rings (SSSR count). The molecule has 2 unspecified atom stereocenters. The summed E-state index contributed by atoms with van der Waals surface area (Å²) in [5.74, 6) is 2.26. The number of piperidine rings is 1. The molecule has 2 atom stereocenters. The van der Waals surface area contributed by atoms with E-state index in [1.165, 1.54) is 0 Å². The average Bonchev–Trinajstić information content (AvgIpc) is 3.12. The number of ether oxygens (including phenoxy) is 7. The van der Waals surface area contributed by atoms with E-state index in [9.17, 15) is 9.59 Å². The molecule has 51 heavy (non-hydrogen) atoms. The predicted octanol–water partition coefficient (Wildman–Crippen LogP) is 6.41. The highest BCUT2D eigenvalue weighted by Gasteiger charge is 2.35. The lowest BCUT2D eigenvalue weighted by Crippen LogP contribution is -2.48. The second kappa shape index (κ2) is 18.3. The van der Waals surface area contributed by atoms with Gasteiger partial charge in [0.2, 0.25) is 0 Å². The lowest BCUT2D eigenvalue weighted by molar-refractivity contribution is -0.121. The number of carbonyl (C=O) groups is 2. The number of hydrogen-bond donors (Lipinski definition) is 0. The van der Waals surface area contributed by atoms with Gasteiger partial charge in [0.15, 0.2) is 6.61 Å². The second-order valence-electron chi connectivity index (χ2n) is 13.7. The molecule has 0 aromatic heterocycles. The van der Waals surface area contributed by atoms with Gasteiger partial charge < -0.3 is 43.0 Å². The summed E-state index contributed by atoms with van der Waals surface area (Å²) in [5, 5.41) is 0. The van der Waals surface area contributed by atoms with Crippen molar-refractivity contribution in [3.8, 4) is 17.2 Å². The first kappa shape index (κ1) is 37.9. The quantitative estimate of drug-likeness (QED) is 0.157. The highest BCUT2D eigenvalue weighted by Crippen LogP contribution is 2.36. The lowest BCUT2D eigenvalue weighted by Gasteiger charge is -2.39. The van der Waals surface area contributed by atoms with Crippen LogP contribution in [0.1, 0.15) is 56.2 Å². The van der Waals surface area contributed by atoms with Gasteiger partial charge in [0.25, 0.3) is 5.91 Å². The van der Waals surface area contributed by atoms with Crippen LogP contribution in [0.3, 0.4) is 0 Å². The van der Waals surface area contributed by atoms with Gasteiger partial charge >= 0.3 is 6.09 Å². The third kappa shape index (κ3) is 10.8. The first-order chi connectivity index (χ1) is 24.6. The molecule has 2 aliphatic rings. The molecule has 3 aromatic rings. The standard InChI is InChI=1S/C40H52N2O9/c1-40(2,3)51-39(44)41-20-17-33(30-12-14-32(15-13-30)48-24-23-47-22-18-31-9-6-7-10-35(31)46-5)37(26-41)49-27-29-11-16-36-34(25-29)42(19-8-21-45-4)38(43)28-50-36/h6-7,9-16,25,33,37H,8,17-24,26-28H2,1-5H3. The van der Waals surface area contributed by atoms with Gasteiger partial charge in [-0.1, -0.05) is 36.4 Å². The SMILES string of the molecule is COCCCN1C(=O)COc2ccc(COC3CN(C(=O)OC(C)(C)C)CCC3c3ccc(OCCOCCc4ccccc4OC)cc3)cc21. The number of fused-ring (bicyclic) bond motifs is 1. The van der Waals surface area contributed by atoms with E-state index in [-0.39, 0.29) is 30.6 Å². The maximum atomic E-state index is 13.1. The lowest BCUT2D eigenvalue weighted by atomic mass is 9.87. The topological polar surface area (TPSA) is 105 Å². The Balaban J connectivity index is 1.20. The molecule has 276 valence electrons. The van der Waals surface area contributed by atoms with Crippen LogP contribution in [0.2, 0.25) is 0 Å². The highest BCUT2D eigenvalue weighted by atomic mass is 16.6. The molecule has 11 nitrogen and oxygen atoms in total. The van der Waals surface area contributed by atoms with Crippen LogP contribution in [0.5, 0.6) is 17.2 Å². The molecular formula is C40H52N2O9. The summed E-state index contributed by atoms with van der Waals surface area (Å²) in [5.41, 5.74) is 3.27. The van der Waals surface area contributed by atoms with Crippen molar-refractivity contribution in [3.05, 3.63) is 83.4 Å². The Labute approximate surface area is 301 Å². The Morgan fingerprint density at radius 1 is 0.961 bits per heavy atom. The number of rotatable bonds is 16. The van der Waals surface area contributed by atoms with E-state index in [4.69, 9.17) is 33.2 Å². The first-order valence-corrected chi connectivity index (χ1v) is 17.7. The van der Waals surface area contributed by atoms with Crippen molar-refractivity contribution < 1.29 is 42.7 Å². The number of likely N-dealkylation sites (tertiary alicyclic amines) is 1. The van der Waals surface area contributed by atoms with Crippen LogP contribution in [0, 0.1) is 0 Å². The molecule has 0 aliphatic carbocycles. The minimum Gasteiger partial charge on any atom is -0.496 e. The van der Waals surface area contributed by atoms with Crippen LogP contribution in [0.25, 0.3) is 0 Å². The van der Waals surface area contributed by atoms with E-state index < -0.39 is 5.60 Å². The number of amides is 2. The number of nitrogens with zero attached hydrogens (tertiary/aromatic N) is 2. The number of hydrogen-bond acceptors (Lipinski definition) is 9. The van der Waals surface area contributed by atoms with Crippen LogP contribution in [0.15, 0.2) is 66.7 Å². The van der Waals surface area contributed by atoms with Gasteiger partial charge in [-0.15, -0.1) is 0 Å². The minimum atomic E-state index is -0.599. The molecule has 0 saturated carbocycles. The van der Waals surface area contributed by atoms with E-state index in [1.54, 1.807) is 24.0 Å². The summed E-state index contributed by atoms with van der Waals surface area (Å²) in [6.45, 7) is 9.46. The maximum Gasteiger partial charge on any atom is 0.410 e. The molecule has 1 saturated heterocycles. The summed E-state index contributed by atoms with van der Waals surface area (Å²) in [7, 11) is 3.33. The smallest absolute Gasteiger partial charge is 0.410 e. The summed E-state index contributed by atoms with van der Waals surface area (Å²) < 4.78 is 40.4. The summed E-state index contributed by atoms with van der Waals surface area (Å²) in [4.78, 5) is 29.3. The van der Waals surface area contributed by atoms with Gasteiger partial charge in [-0.3, -0.25) is 4.79 Å². The van der Waals surface area contributed by atoms with Crippen molar-refractivity contribution in [3.63, 3.8) is 0 Å². The summed E-state index contributed by atoms with van der Waals surface area (Å²) >= 11 is 0. The molecule has 11 heteroatoms. The molecule has 2 heterocycles. The zero-order valence-corrected chi connectivity index (χ0v) is 30.6. The fraction of sp³-hybridized carbons (Fsp3) is 0.500. The molecule has 0 bridgehead atoms. The van der Waals surface area contributed by atoms with Crippen LogP contribution in [0.4, 0.5) is 10.5 Å². The first-order valence-electron chi connectivity index (χ1n) is 17.7. The van der Waals surface area contributed by atoms with Crippen LogP contribution >= 0.6 is 0 Å². The molecule has 3 aromatic carbocycles. The third-order valence-corrected chi connectivity index (χ3v) is 8.88. The van der Waals surface area contributed by atoms with Gasteiger partial charge in [-0.2, -0.15) is 0 Å². The predicted molar refractivity (Wildman–Crippen MR) is 194 cm³/mol. The zero-order chi connectivity index (χ0) is 36.2. The van der Waals surface area contributed by atoms with Gasteiger partial charge in [0.05, 0.1) is 45.3 Å². The minimum absolute atomic E-state index is 0.0163. The number of benzene rings is 3. The summed E-state index contributed by atoms with van der Waals surface area (Å²) in [6.07, 6.45) is 1.56. The summed E-state index contributed by atoms with van der Waals surface area (Å²) in [6, 6.07) is 21.8. The fourth-order valence-corrected chi connectivity index (χ4v) is 6.34. The Kier molecular flexibility index (Phi) is 13.6. The van der Waals surface area contributed by atoms with Crippen molar-refractivity contribution in [2.75, 3.05) is 71.8 Å². The molecular weight excluding hydrogens is 652 g/mol. The van der Waals surface area contributed by atoms with E-state index >= 15 is 0 Å². The van der Waals surface area contributed by atoms with Gasteiger partial charge in [0, 0.05) is 32.7 Å². The Bertz CT molecular complexity index is 1570. The van der Waals surface area contributed by atoms with Gasteiger partial charge in [0.1, 0.15) is 29.5 Å². The van der Waals surface area contributed by atoms with Crippen molar-refractivity contribution in [1.29, 1.82) is 0 Å². The number of anilines is 1. The Hall–Kier alpha value is -4.32. The van der Waals surface area contributed by atoms with Gasteiger partial charge in [-0.25, -0.2) is 4.79 Å². The molecule has 0 radical (unpaired) electrons. The van der Waals surface area contributed by atoms with Crippen molar-refractivity contribution in [2.24, 2.45) is 0 Å². The highest BCUT2D eigenvalue weighted by molar-refractivity contribution is 5.97. The number of para-hydroxylation sites is 1. The third-order valence-electron chi connectivity index (χ3n) is 8.88. The van der Waals surface area contributed by atoms with Gasteiger partial charge in [-0.05, 0) is 87.1 Å². The molecule has 2 aliphatic heterocycles. The molecule has 1 fully saturated rings. The largest absolute Gasteiger partial charge is 0.496 e. The zero-order valence-electron chi connectivity index (χ0n) is 30.6.